The Hall–Kier alpha value is -1.90. The number of hydrogen-bond acceptors (Lipinski definition) is 5. The number of carbonyl (C=O) groups is 1. The normalized spacial score (nSPS) is 19.0. The van der Waals surface area contributed by atoms with Crippen molar-refractivity contribution in [3.63, 3.8) is 0 Å². The molecule has 0 saturated carbocycles. The lowest BCUT2D eigenvalue weighted by Crippen LogP contribution is -2.51. The molecule has 0 bridgehead atoms. The van der Waals surface area contributed by atoms with Crippen LogP contribution in [0.3, 0.4) is 0 Å². The first kappa shape index (κ1) is 16.0. The van der Waals surface area contributed by atoms with E-state index in [1.54, 1.807) is 5.38 Å². The molecule has 122 valence electrons. The quantitative estimate of drug-likeness (QED) is 0.922. The average molecular weight is 339 g/mol. The van der Waals surface area contributed by atoms with Crippen LogP contribution in [-0.4, -0.2) is 41.6 Å². The minimum absolute atomic E-state index is 0.136. The van der Waals surface area contributed by atoms with E-state index in [1.807, 2.05) is 4.90 Å². The van der Waals surface area contributed by atoms with E-state index >= 15 is 0 Å². The van der Waals surface area contributed by atoms with Gasteiger partial charge >= 0.3 is 0 Å². The van der Waals surface area contributed by atoms with Gasteiger partial charge in [0.2, 0.25) is 5.91 Å². The van der Waals surface area contributed by atoms with E-state index in [0.29, 0.717) is 24.7 Å². The number of nitrogens with zero attached hydrogens (tertiary/aromatic N) is 2. The molecule has 2 aromatic rings. The molecule has 3 rings (SSSR count). The Morgan fingerprint density at radius 2 is 2.17 bits per heavy atom. The summed E-state index contributed by atoms with van der Waals surface area (Å²) in [5.74, 6) is -1.76. The van der Waals surface area contributed by atoms with Crippen LogP contribution in [0.4, 0.5) is 8.78 Å². The maximum atomic E-state index is 13.8. The number of primary amides is 1. The van der Waals surface area contributed by atoms with Gasteiger partial charge in [-0.1, -0.05) is 6.07 Å². The number of nitrogens with two attached hydrogens (primary N) is 1. The van der Waals surface area contributed by atoms with Crippen LogP contribution in [0.25, 0.3) is 11.3 Å². The summed E-state index contributed by atoms with van der Waals surface area (Å²) in [5, 5.41) is 2.27. The van der Waals surface area contributed by atoms with Crippen molar-refractivity contribution in [1.82, 2.24) is 9.88 Å². The van der Waals surface area contributed by atoms with Crippen molar-refractivity contribution in [2.24, 2.45) is 5.73 Å². The second-order valence-electron chi connectivity index (χ2n) is 5.19. The molecule has 1 saturated heterocycles. The summed E-state index contributed by atoms with van der Waals surface area (Å²) in [6.07, 6.45) is 0. The van der Waals surface area contributed by atoms with E-state index < -0.39 is 23.6 Å². The summed E-state index contributed by atoms with van der Waals surface area (Å²) >= 11 is 1.29. The summed E-state index contributed by atoms with van der Waals surface area (Å²) in [6.45, 7) is 1.69. The summed E-state index contributed by atoms with van der Waals surface area (Å²) in [5.41, 5.74) is 5.49. The second kappa shape index (κ2) is 6.69. The van der Waals surface area contributed by atoms with Gasteiger partial charge in [0.05, 0.1) is 31.0 Å². The van der Waals surface area contributed by atoms with Gasteiger partial charge in [0, 0.05) is 11.9 Å². The van der Waals surface area contributed by atoms with Crippen LogP contribution in [0.15, 0.2) is 23.6 Å². The number of morpholine rings is 1. The van der Waals surface area contributed by atoms with E-state index in [0.717, 1.165) is 0 Å². The molecule has 1 fully saturated rings. The fourth-order valence-electron chi connectivity index (χ4n) is 2.50. The van der Waals surface area contributed by atoms with Gasteiger partial charge in [0.1, 0.15) is 22.7 Å². The molecule has 0 radical (unpaired) electrons. The van der Waals surface area contributed by atoms with E-state index in [4.69, 9.17) is 10.5 Å². The maximum Gasteiger partial charge on any atom is 0.237 e. The predicted octanol–water partition coefficient (Wildman–Crippen LogP) is 1.77. The second-order valence-corrected chi connectivity index (χ2v) is 6.13. The molecule has 1 aromatic heterocycles. The third kappa shape index (κ3) is 3.39. The van der Waals surface area contributed by atoms with Crippen molar-refractivity contribution in [1.29, 1.82) is 0 Å². The highest BCUT2D eigenvalue weighted by Crippen LogP contribution is 2.28. The molecule has 1 aromatic carbocycles. The van der Waals surface area contributed by atoms with E-state index in [-0.39, 0.29) is 17.9 Å². The van der Waals surface area contributed by atoms with Crippen LogP contribution in [0.5, 0.6) is 0 Å². The molecule has 5 nitrogen and oxygen atoms in total. The number of hydrogen-bond donors (Lipinski definition) is 1. The standard InChI is InChI=1S/C15H15F2N3O2S/c16-9-2-1-3-10(17)14(9)11-8-23-13(19-11)6-20-4-5-22-7-12(20)15(18)21/h1-3,8,12H,4-7H2,(H2,18,21). The third-order valence-corrected chi connectivity index (χ3v) is 4.51. The number of benzene rings is 1. The van der Waals surface area contributed by atoms with Crippen molar-refractivity contribution in [2.45, 2.75) is 12.6 Å². The molecule has 0 spiro atoms. The summed E-state index contributed by atoms with van der Waals surface area (Å²) < 4.78 is 32.9. The molecule has 2 N–H and O–H groups in total. The molecule has 1 aliphatic heterocycles. The van der Waals surface area contributed by atoms with Gasteiger partial charge in [-0.15, -0.1) is 11.3 Å². The molecule has 1 unspecified atom stereocenters. The molecule has 1 amide bonds. The number of carbonyl (C=O) groups excluding carboxylic acids is 1. The van der Waals surface area contributed by atoms with Gasteiger partial charge in [0.25, 0.3) is 0 Å². The van der Waals surface area contributed by atoms with Crippen LogP contribution in [-0.2, 0) is 16.1 Å². The van der Waals surface area contributed by atoms with Crippen LogP contribution < -0.4 is 5.73 Å². The lowest BCUT2D eigenvalue weighted by Gasteiger charge is -2.32. The lowest BCUT2D eigenvalue weighted by molar-refractivity contribution is -0.129. The van der Waals surface area contributed by atoms with Crippen LogP contribution >= 0.6 is 11.3 Å². The summed E-state index contributed by atoms with van der Waals surface area (Å²) in [7, 11) is 0. The Labute approximate surface area is 135 Å². The molecule has 2 heterocycles. The molecular weight excluding hydrogens is 324 g/mol. The number of rotatable bonds is 4. The molecule has 1 atom stereocenters. The minimum atomic E-state index is -0.650. The average Bonchev–Trinajstić information content (AvgIpc) is 2.95. The van der Waals surface area contributed by atoms with Crippen LogP contribution in [0, 0.1) is 11.6 Å². The first-order valence-corrected chi connectivity index (χ1v) is 7.94. The highest BCUT2D eigenvalue weighted by Gasteiger charge is 2.28. The Kier molecular flexibility index (Phi) is 4.65. The number of ether oxygens (including phenoxy) is 1. The monoisotopic (exact) mass is 339 g/mol. The highest BCUT2D eigenvalue weighted by atomic mass is 32.1. The topological polar surface area (TPSA) is 68.5 Å². The minimum Gasteiger partial charge on any atom is -0.378 e. The zero-order valence-corrected chi connectivity index (χ0v) is 13.0. The zero-order chi connectivity index (χ0) is 16.4. The van der Waals surface area contributed by atoms with Gasteiger partial charge in [-0.25, -0.2) is 13.8 Å². The van der Waals surface area contributed by atoms with Gasteiger partial charge in [-0.05, 0) is 12.1 Å². The van der Waals surface area contributed by atoms with E-state index in [1.165, 1.54) is 29.5 Å². The summed E-state index contributed by atoms with van der Waals surface area (Å²) in [4.78, 5) is 17.6. The first-order chi connectivity index (χ1) is 11.1. The maximum absolute atomic E-state index is 13.8. The van der Waals surface area contributed by atoms with Crippen LogP contribution in [0.2, 0.25) is 0 Å². The number of amides is 1. The van der Waals surface area contributed by atoms with E-state index in [9.17, 15) is 13.6 Å². The first-order valence-electron chi connectivity index (χ1n) is 7.06. The van der Waals surface area contributed by atoms with Crippen molar-refractivity contribution >= 4 is 17.2 Å². The molecule has 8 heteroatoms. The third-order valence-electron chi connectivity index (χ3n) is 3.68. The number of thiazole rings is 1. The lowest BCUT2D eigenvalue weighted by atomic mass is 10.1. The Morgan fingerprint density at radius 3 is 2.87 bits per heavy atom. The Balaban J connectivity index is 1.81. The van der Waals surface area contributed by atoms with Gasteiger partial charge in [-0.3, -0.25) is 9.69 Å². The molecule has 1 aliphatic rings. The zero-order valence-electron chi connectivity index (χ0n) is 12.2. The van der Waals surface area contributed by atoms with Crippen molar-refractivity contribution in [3.8, 4) is 11.3 Å². The van der Waals surface area contributed by atoms with Crippen molar-refractivity contribution in [3.05, 3.63) is 40.2 Å². The fourth-order valence-corrected chi connectivity index (χ4v) is 3.31. The summed E-state index contributed by atoms with van der Waals surface area (Å²) in [6, 6.07) is 3.19. The van der Waals surface area contributed by atoms with Gasteiger partial charge < -0.3 is 10.5 Å². The van der Waals surface area contributed by atoms with E-state index in [2.05, 4.69) is 4.98 Å². The van der Waals surface area contributed by atoms with Gasteiger partial charge in [-0.2, -0.15) is 0 Å². The van der Waals surface area contributed by atoms with Crippen LogP contribution in [0.1, 0.15) is 5.01 Å². The predicted molar refractivity (Wildman–Crippen MR) is 81.7 cm³/mol. The Morgan fingerprint density at radius 1 is 1.43 bits per heavy atom. The Bertz CT molecular complexity index is 702. The molecule has 0 aliphatic carbocycles. The van der Waals surface area contributed by atoms with Crippen molar-refractivity contribution < 1.29 is 18.3 Å². The molecular formula is C15H15F2N3O2S. The largest absolute Gasteiger partial charge is 0.378 e. The molecule has 23 heavy (non-hydrogen) atoms. The highest BCUT2D eigenvalue weighted by molar-refractivity contribution is 7.09. The smallest absolute Gasteiger partial charge is 0.237 e. The number of halogens is 2. The SMILES string of the molecule is NC(=O)C1COCCN1Cc1nc(-c2c(F)cccc2F)cs1. The van der Waals surface area contributed by atoms with Crippen molar-refractivity contribution in [2.75, 3.05) is 19.8 Å². The number of aromatic nitrogens is 1. The fraction of sp³-hybridized carbons (Fsp3) is 0.333. The van der Waals surface area contributed by atoms with Gasteiger partial charge in [0.15, 0.2) is 0 Å².